The van der Waals surface area contributed by atoms with Crippen LogP contribution >= 0.6 is 15.9 Å². The van der Waals surface area contributed by atoms with Crippen LogP contribution in [0.25, 0.3) is 10.9 Å². The third-order valence-corrected chi connectivity index (χ3v) is 3.10. The molecule has 0 saturated heterocycles. The van der Waals surface area contributed by atoms with Crippen LogP contribution in [0.3, 0.4) is 0 Å². The van der Waals surface area contributed by atoms with Crippen LogP contribution in [0.15, 0.2) is 34.9 Å². The first kappa shape index (κ1) is 12.7. The molecule has 18 heavy (non-hydrogen) atoms. The van der Waals surface area contributed by atoms with Crippen molar-refractivity contribution in [3.63, 3.8) is 0 Å². The average Bonchev–Trinajstić information content (AvgIpc) is 2.72. The molecule has 0 aliphatic rings. The standard InChI is InChI=1S/C13H12BrN3O/c14-11-2-3-12-10(8-11)4-7-17(12)9-13(18)16-6-1-5-15/h2-4,7-8H,1,6,9H2,(H,16,18). The van der Waals surface area contributed by atoms with Gasteiger partial charge in [-0.15, -0.1) is 0 Å². The molecule has 2 rings (SSSR count). The van der Waals surface area contributed by atoms with Crippen molar-refractivity contribution in [3.05, 3.63) is 34.9 Å². The molecule has 5 heteroatoms. The van der Waals surface area contributed by atoms with Gasteiger partial charge in [-0.1, -0.05) is 15.9 Å². The van der Waals surface area contributed by atoms with E-state index in [0.29, 0.717) is 13.0 Å². The zero-order valence-corrected chi connectivity index (χ0v) is 11.3. The molecule has 1 aromatic carbocycles. The van der Waals surface area contributed by atoms with Gasteiger partial charge in [0.15, 0.2) is 0 Å². The minimum absolute atomic E-state index is 0.0781. The molecule has 4 nitrogen and oxygen atoms in total. The predicted molar refractivity (Wildman–Crippen MR) is 72.9 cm³/mol. The zero-order chi connectivity index (χ0) is 13.0. The van der Waals surface area contributed by atoms with Crippen molar-refractivity contribution in [2.24, 2.45) is 0 Å². The molecule has 0 aliphatic carbocycles. The van der Waals surface area contributed by atoms with Gasteiger partial charge in [-0.2, -0.15) is 5.26 Å². The van der Waals surface area contributed by atoms with Gasteiger partial charge in [0.2, 0.25) is 5.91 Å². The quantitative estimate of drug-likeness (QED) is 0.882. The molecule has 0 bridgehead atoms. The molecule has 0 radical (unpaired) electrons. The molecule has 0 saturated carbocycles. The maximum atomic E-state index is 11.6. The summed E-state index contributed by atoms with van der Waals surface area (Å²) in [7, 11) is 0. The van der Waals surface area contributed by atoms with Gasteiger partial charge >= 0.3 is 0 Å². The molecular formula is C13H12BrN3O. The van der Waals surface area contributed by atoms with Gasteiger partial charge in [0.25, 0.3) is 0 Å². The summed E-state index contributed by atoms with van der Waals surface area (Å²) >= 11 is 3.42. The third-order valence-electron chi connectivity index (χ3n) is 2.61. The lowest BCUT2D eigenvalue weighted by molar-refractivity contribution is -0.121. The number of nitriles is 1. The summed E-state index contributed by atoms with van der Waals surface area (Å²) in [5.41, 5.74) is 1.02. The molecule has 0 aliphatic heterocycles. The lowest BCUT2D eigenvalue weighted by atomic mass is 10.2. The maximum absolute atomic E-state index is 11.6. The monoisotopic (exact) mass is 305 g/mol. The summed E-state index contributed by atoms with van der Waals surface area (Å²) in [6, 6.07) is 9.90. The number of rotatable bonds is 4. The van der Waals surface area contributed by atoms with E-state index in [-0.39, 0.29) is 12.5 Å². The first-order chi connectivity index (χ1) is 8.70. The second-order valence-corrected chi connectivity index (χ2v) is 4.82. The van der Waals surface area contributed by atoms with Gasteiger partial charge in [-0.05, 0) is 24.3 Å². The van der Waals surface area contributed by atoms with Crippen LogP contribution in [0.5, 0.6) is 0 Å². The Kier molecular flexibility index (Phi) is 4.00. The first-order valence-electron chi connectivity index (χ1n) is 5.59. The topological polar surface area (TPSA) is 57.8 Å². The second kappa shape index (κ2) is 5.69. The Labute approximate surface area is 113 Å². The van der Waals surface area contributed by atoms with Crippen molar-refractivity contribution < 1.29 is 4.79 Å². The Balaban J connectivity index is 2.08. The van der Waals surface area contributed by atoms with Crippen molar-refractivity contribution in [3.8, 4) is 6.07 Å². The van der Waals surface area contributed by atoms with Crippen molar-refractivity contribution in [1.29, 1.82) is 5.26 Å². The molecule has 92 valence electrons. The lowest BCUT2D eigenvalue weighted by Crippen LogP contribution is -2.27. The Morgan fingerprint density at radius 2 is 2.28 bits per heavy atom. The second-order valence-electron chi connectivity index (χ2n) is 3.90. The number of halogens is 1. The molecule has 0 unspecified atom stereocenters. The summed E-state index contributed by atoms with van der Waals surface area (Å²) in [5, 5.41) is 12.2. The van der Waals surface area contributed by atoms with E-state index in [1.807, 2.05) is 41.1 Å². The summed E-state index contributed by atoms with van der Waals surface area (Å²) < 4.78 is 2.91. The van der Waals surface area contributed by atoms with Crippen LogP contribution in [0.1, 0.15) is 6.42 Å². The maximum Gasteiger partial charge on any atom is 0.239 e. The molecule has 0 fully saturated rings. The Hall–Kier alpha value is -1.80. The fourth-order valence-electron chi connectivity index (χ4n) is 1.78. The fraction of sp³-hybridized carbons (Fsp3) is 0.231. The van der Waals surface area contributed by atoms with Crippen molar-refractivity contribution in [1.82, 2.24) is 9.88 Å². The van der Waals surface area contributed by atoms with Gasteiger partial charge in [0, 0.05) is 28.1 Å². The third kappa shape index (κ3) is 2.90. The van der Waals surface area contributed by atoms with Crippen molar-refractivity contribution >= 4 is 32.7 Å². The van der Waals surface area contributed by atoms with E-state index in [2.05, 4.69) is 21.2 Å². The molecule has 1 amide bonds. The van der Waals surface area contributed by atoms with E-state index in [0.717, 1.165) is 15.4 Å². The van der Waals surface area contributed by atoms with Gasteiger partial charge < -0.3 is 9.88 Å². The first-order valence-corrected chi connectivity index (χ1v) is 6.38. The number of nitrogens with zero attached hydrogens (tertiary/aromatic N) is 2. The molecule has 1 N–H and O–H groups in total. The van der Waals surface area contributed by atoms with Crippen molar-refractivity contribution in [2.75, 3.05) is 6.54 Å². The van der Waals surface area contributed by atoms with Gasteiger partial charge in [-0.3, -0.25) is 4.79 Å². The van der Waals surface area contributed by atoms with Crippen LogP contribution in [0.2, 0.25) is 0 Å². The van der Waals surface area contributed by atoms with E-state index in [9.17, 15) is 4.79 Å². The van der Waals surface area contributed by atoms with E-state index in [1.54, 1.807) is 0 Å². The highest BCUT2D eigenvalue weighted by atomic mass is 79.9. The fourth-order valence-corrected chi connectivity index (χ4v) is 2.16. The summed E-state index contributed by atoms with van der Waals surface area (Å²) in [4.78, 5) is 11.6. The number of fused-ring (bicyclic) bond motifs is 1. The normalized spacial score (nSPS) is 10.2. The molecule has 2 aromatic rings. The number of benzene rings is 1. The minimum Gasteiger partial charge on any atom is -0.354 e. The largest absolute Gasteiger partial charge is 0.354 e. The van der Waals surface area contributed by atoms with Gasteiger partial charge in [0.1, 0.15) is 6.54 Å². The summed E-state index contributed by atoms with van der Waals surface area (Å²) in [5.74, 6) is -0.0781. The number of nitrogens with one attached hydrogen (secondary N) is 1. The van der Waals surface area contributed by atoms with Crippen LogP contribution in [-0.2, 0) is 11.3 Å². The van der Waals surface area contributed by atoms with E-state index < -0.39 is 0 Å². The SMILES string of the molecule is N#CCCNC(=O)Cn1ccc2cc(Br)ccc21. The molecule has 0 atom stereocenters. The van der Waals surface area contributed by atoms with Gasteiger partial charge in [-0.25, -0.2) is 0 Å². The number of amides is 1. The highest BCUT2D eigenvalue weighted by molar-refractivity contribution is 9.10. The highest BCUT2D eigenvalue weighted by Gasteiger charge is 2.05. The smallest absolute Gasteiger partial charge is 0.239 e. The molecule has 0 spiro atoms. The molecule has 1 heterocycles. The van der Waals surface area contributed by atoms with E-state index in [1.165, 1.54) is 0 Å². The number of aromatic nitrogens is 1. The lowest BCUT2D eigenvalue weighted by Gasteiger charge is -2.06. The number of hydrogen-bond acceptors (Lipinski definition) is 2. The molecule has 1 aromatic heterocycles. The number of carbonyl (C=O) groups is 1. The van der Waals surface area contributed by atoms with Crippen molar-refractivity contribution in [2.45, 2.75) is 13.0 Å². The summed E-state index contributed by atoms with van der Waals surface area (Å²) in [6.45, 7) is 0.677. The number of hydrogen-bond donors (Lipinski definition) is 1. The Morgan fingerprint density at radius 1 is 1.44 bits per heavy atom. The van der Waals surface area contributed by atoms with E-state index >= 15 is 0 Å². The zero-order valence-electron chi connectivity index (χ0n) is 9.69. The van der Waals surface area contributed by atoms with Crippen LogP contribution in [0, 0.1) is 11.3 Å². The predicted octanol–water partition coefficient (Wildman–Crippen LogP) is 2.43. The Morgan fingerprint density at radius 3 is 3.06 bits per heavy atom. The van der Waals surface area contributed by atoms with Gasteiger partial charge in [0.05, 0.1) is 12.5 Å². The Bertz CT molecular complexity index is 612. The minimum atomic E-state index is -0.0781. The van der Waals surface area contributed by atoms with Crippen LogP contribution in [-0.4, -0.2) is 17.0 Å². The summed E-state index contributed by atoms with van der Waals surface area (Å²) in [6.07, 6.45) is 2.23. The number of carbonyl (C=O) groups excluding carboxylic acids is 1. The average molecular weight is 306 g/mol. The van der Waals surface area contributed by atoms with Crippen LogP contribution < -0.4 is 5.32 Å². The van der Waals surface area contributed by atoms with E-state index in [4.69, 9.17) is 5.26 Å². The molecular weight excluding hydrogens is 294 g/mol. The van der Waals surface area contributed by atoms with Crippen LogP contribution in [0.4, 0.5) is 0 Å². The highest BCUT2D eigenvalue weighted by Crippen LogP contribution is 2.20.